The monoisotopic (exact) mass is 472 g/mol. The summed E-state index contributed by atoms with van der Waals surface area (Å²) in [4.78, 5) is 24.6. The predicted molar refractivity (Wildman–Crippen MR) is 124 cm³/mol. The molecule has 0 aliphatic heterocycles. The summed E-state index contributed by atoms with van der Waals surface area (Å²) in [7, 11) is -2.80. The minimum absolute atomic E-state index is 0.0391. The van der Waals surface area contributed by atoms with Crippen LogP contribution < -0.4 is 9.62 Å². The van der Waals surface area contributed by atoms with Gasteiger partial charge in [-0.05, 0) is 55.0 Å². The van der Waals surface area contributed by atoms with E-state index in [0.29, 0.717) is 10.7 Å². The van der Waals surface area contributed by atoms with Crippen molar-refractivity contribution in [3.05, 3.63) is 88.9 Å². The molecule has 0 saturated heterocycles. The molecule has 0 radical (unpaired) electrons. The first kappa shape index (κ1) is 23.3. The number of methoxy groups -OCH3 is 1. The van der Waals surface area contributed by atoms with Gasteiger partial charge in [0.05, 0.1) is 23.3 Å². The summed E-state index contributed by atoms with van der Waals surface area (Å²) in [6.45, 7) is 1.29. The van der Waals surface area contributed by atoms with Crippen molar-refractivity contribution in [1.29, 1.82) is 0 Å². The van der Waals surface area contributed by atoms with E-state index < -0.39 is 28.4 Å². The van der Waals surface area contributed by atoms with E-state index in [9.17, 15) is 18.0 Å². The van der Waals surface area contributed by atoms with Crippen molar-refractivity contribution in [3.63, 3.8) is 0 Å². The molecule has 0 aliphatic carbocycles. The molecule has 9 heteroatoms. The third-order valence-corrected chi connectivity index (χ3v) is 6.82. The molecule has 0 heterocycles. The van der Waals surface area contributed by atoms with Crippen LogP contribution in [0.4, 0.5) is 11.4 Å². The molecule has 0 bridgehead atoms. The summed E-state index contributed by atoms with van der Waals surface area (Å²) in [5.74, 6) is -1.15. The molecule has 3 aromatic rings. The first-order chi connectivity index (χ1) is 15.2. The van der Waals surface area contributed by atoms with Crippen molar-refractivity contribution in [2.24, 2.45) is 0 Å². The molecule has 166 valence electrons. The van der Waals surface area contributed by atoms with Crippen LogP contribution in [0.25, 0.3) is 0 Å². The number of nitrogens with one attached hydrogen (secondary N) is 1. The molecule has 1 N–H and O–H groups in total. The Bertz CT molecular complexity index is 1250. The van der Waals surface area contributed by atoms with Gasteiger partial charge >= 0.3 is 5.97 Å². The maximum Gasteiger partial charge on any atom is 0.337 e. The summed E-state index contributed by atoms with van der Waals surface area (Å²) in [5, 5.41) is 3.00. The average Bonchev–Trinajstić information content (AvgIpc) is 2.79. The summed E-state index contributed by atoms with van der Waals surface area (Å²) in [6.07, 6.45) is 0. The molecule has 32 heavy (non-hydrogen) atoms. The summed E-state index contributed by atoms with van der Waals surface area (Å²) in [5.41, 5.74) is 1.61. The van der Waals surface area contributed by atoms with Gasteiger partial charge in [-0.3, -0.25) is 9.10 Å². The van der Waals surface area contributed by atoms with E-state index in [1.165, 1.54) is 31.4 Å². The molecule has 0 spiro atoms. The lowest BCUT2D eigenvalue weighted by Gasteiger charge is -2.24. The molecule has 0 atom stereocenters. The Morgan fingerprint density at radius 1 is 1.00 bits per heavy atom. The van der Waals surface area contributed by atoms with Crippen LogP contribution in [-0.4, -0.2) is 33.9 Å². The standard InChI is InChI=1S/C23H21ClN2O5S/c1-16-11-12-19(14-21(16)24)26(32(29,30)20-9-4-3-5-10-20)15-22(27)25-18-8-6-7-17(13-18)23(28)31-2/h3-14H,15H2,1-2H3,(H,25,27). The van der Waals surface area contributed by atoms with Crippen LogP contribution >= 0.6 is 11.6 Å². The summed E-state index contributed by atoms with van der Waals surface area (Å²) < 4.78 is 32.4. The zero-order valence-electron chi connectivity index (χ0n) is 17.4. The number of carbonyl (C=O) groups is 2. The van der Waals surface area contributed by atoms with Gasteiger partial charge in [0, 0.05) is 10.7 Å². The highest BCUT2D eigenvalue weighted by Crippen LogP contribution is 2.28. The lowest BCUT2D eigenvalue weighted by atomic mass is 10.2. The topological polar surface area (TPSA) is 92.8 Å². The van der Waals surface area contributed by atoms with E-state index in [2.05, 4.69) is 10.1 Å². The molecular formula is C23H21ClN2O5S. The van der Waals surface area contributed by atoms with E-state index in [4.69, 9.17) is 11.6 Å². The highest BCUT2D eigenvalue weighted by Gasteiger charge is 2.27. The second-order valence-corrected chi connectivity index (χ2v) is 9.15. The second-order valence-electron chi connectivity index (χ2n) is 6.88. The average molecular weight is 473 g/mol. The number of ether oxygens (including phenoxy) is 1. The molecular weight excluding hydrogens is 452 g/mol. The predicted octanol–water partition coefficient (Wildman–Crippen LogP) is 4.27. The van der Waals surface area contributed by atoms with Gasteiger partial charge in [0.25, 0.3) is 10.0 Å². The zero-order valence-corrected chi connectivity index (χ0v) is 19.0. The second kappa shape index (κ2) is 9.84. The van der Waals surface area contributed by atoms with Crippen molar-refractivity contribution in [2.75, 3.05) is 23.3 Å². The minimum Gasteiger partial charge on any atom is -0.465 e. The number of nitrogens with zero attached hydrogens (tertiary/aromatic N) is 1. The van der Waals surface area contributed by atoms with Crippen molar-refractivity contribution < 1.29 is 22.7 Å². The van der Waals surface area contributed by atoms with Crippen molar-refractivity contribution in [3.8, 4) is 0 Å². The van der Waals surface area contributed by atoms with Gasteiger partial charge in [-0.25, -0.2) is 13.2 Å². The molecule has 0 aliphatic rings. The van der Waals surface area contributed by atoms with Gasteiger partial charge < -0.3 is 10.1 Å². The number of hydrogen-bond donors (Lipinski definition) is 1. The first-order valence-electron chi connectivity index (χ1n) is 9.54. The number of hydrogen-bond acceptors (Lipinski definition) is 5. The Morgan fingerprint density at radius 3 is 2.38 bits per heavy atom. The Balaban J connectivity index is 1.93. The fourth-order valence-electron chi connectivity index (χ4n) is 2.94. The van der Waals surface area contributed by atoms with Gasteiger partial charge in [0.15, 0.2) is 0 Å². The lowest BCUT2D eigenvalue weighted by molar-refractivity contribution is -0.114. The quantitative estimate of drug-likeness (QED) is 0.518. The van der Waals surface area contributed by atoms with E-state index in [-0.39, 0.29) is 16.1 Å². The summed E-state index contributed by atoms with van der Waals surface area (Å²) >= 11 is 6.22. The maximum atomic E-state index is 13.3. The SMILES string of the molecule is COC(=O)c1cccc(NC(=O)CN(c2ccc(C)c(Cl)c2)S(=O)(=O)c2ccccc2)c1. The maximum absolute atomic E-state index is 13.3. The third-order valence-electron chi connectivity index (χ3n) is 4.63. The number of sulfonamides is 1. The minimum atomic E-state index is -4.06. The fraction of sp³-hybridized carbons (Fsp3) is 0.130. The molecule has 0 unspecified atom stereocenters. The van der Waals surface area contributed by atoms with E-state index in [1.54, 1.807) is 55.5 Å². The van der Waals surface area contributed by atoms with Crippen LogP contribution in [0.5, 0.6) is 0 Å². The van der Waals surface area contributed by atoms with Crippen LogP contribution in [0.1, 0.15) is 15.9 Å². The van der Waals surface area contributed by atoms with Crippen molar-refractivity contribution >= 4 is 44.9 Å². The van der Waals surface area contributed by atoms with Crippen LogP contribution in [0.15, 0.2) is 77.7 Å². The Kier molecular flexibility index (Phi) is 7.17. The van der Waals surface area contributed by atoms with Crippen molar-refractivity contribution in [1.82, 2.24) is 0 Å². The van der Waals surface area contributed by atoms with Gasteiger partial charge in [-0.2, -0.15) is 0 Å². The zero-order chi connectivity index (χ0) is 23.3. The number of carbonyl (C=O) groups excluding carboxylic acids is 2. The normalized spacial score (nSPS) is 11.0. The summed E-state index contributed by atoms with van der Waals surface area (Å²) in [6, 6.07) is 18.8. The van der Waals surface area contributed by atoms with Gasteiger partial charge in [-0.15, -0.1) is 0 Å². The number of aryl methyl sites for hydroxylation is 1. The Labute approximate surface area is 191 Å². The number of esters is 1. The van der Waals surface area contributed by atoms with E-state index in [1.807, 2.05) is 0 Å². The molecule has 7 nitrogen and oxygen atoms in total. The number of halogens is 1. The highest BCUT2D eigenvalue weighted by molar-refractivity contribution is 7.92. The van der Waals surface area contributed by atoms with Gasteiger partial charge in [0.1, 0.15) is 6.54 Å². The first-order valence-corrected chi connectivity index (χ1v) is 11.4. The molecule has 0 fully saturated rings. The van der Waals surface area contributed by atoms with E-state index >= 15 is 0 Å². The molecule has 0 saturated carbocycles. The van der Waals surface area contributed by atoms with Crippen LogP contribution in [0.2, 0.25) is 5.02 Å². The highest BCUT2D eigenvalue weighted by atomic mass is 35.5. The Morgan fingerprint density at radius 2 is 1.72 bits per heavy atom. The van der Waals surface area contributed by atoms with E-state index in [0.717, 1.165) is 9.87 Å². The number of amides is 1. The van der Waals surface area contributed by atoms with Crippen LogP contribution in [0.3, 0.4) is 0 Å². The number of anilines is 2. The molecule has 0 aromatic heterocycles. The smallest absolute Gasteiger partial charge is 0.337 e. The largest absolute Gasteiger partial charge is 0.465 e. The Hall–Kier alpha value is -3.36. The van der Waals surface area contributed by atoms with Crippen molar-refractivity contribution in [2.45, 2.75) is 11.8 Å². The third kappa shape index (κ3) is 5.27. The van der Waals surface area contributed by atoms with Gasteiger partial charge in [-0.1, -0.05) is 41.9 Å². The molecule has 3 rings (SSSR count). The number of rotatable bonds is 7. The fourth-order valence-corrected chi connectivity index (χ4v) is 4.55. The van der Waals surface area contributed by atoms with Crippen LogP contribution in [-0.2, 0) is 19.6 Å². The molecule has 1 amide bonds. The number of benzene rings is 3. The molecule has 3 aromatic carbocycles. The lowest BCUT2D eigenvalue weighted by Crippen LogP contribution is -2.38. The van der Waals surface area contributed by atoms with Crippen LogP contribution in [0, 0.1) is 6.92 Å². The van der Waals surface area contributed by atoms with Gasteiger partial charge in [0.2, 0.25) is 5.91 Å².